The van der Waals surface area contributed by atoms with E-state index in [9.17, 15) is 0 Å². The van der Waals surface area contributed by atoms with Crippen molar-refractivity contribution in [1.29, 1.82) is 0 Å². The SMILES string of the molecule is CCC(NCC1(OC)CCC1)c1ccc(C)cc1. The maximum Gasteiger partial charge on any atom is 0.0802 e. The minimum Gasteiger partial charge on any atom is -0.377 e. The van der Waals surface area contributed by atoms with E-state index in [1.165, 1.54) is 30.4 Å². The van der Waals surface area contributed by atoms with Crippen LogP contribution in [0.1, 0.15) is 49.8 Å². The highest BCUT2D eigenvalue weighted by Gasteiger charge is 2.37. The number of hydrogen-bond acceptors (Lipinski definition) is 2. The van der Waals surface area contributed by atoms with Crippen LogP contribution in [0.5, 0.6) is 0 Å². The first kappa shape index (κ1) is 13.6. The zero-order valence-corrected chi connectivity index (χ0v) is 11.8. The molecule has 1 aromatic rings. The van der Waals surface area contributed by atoms with Crippen LogP contribution in [0.2, 0.25) is 0 Å². The molecular formula is C16H25NO. The van der Waals surface area contributed by atoms with Crippen molar-refractivity contribution in [3.05, 3.63) is 35.4 Å². The molecule has 0 aliphatic heterocycles. The number of methoxy groups -OCH3 is 1. The van der Waals surface area contributed by atoms with Crippen molar-refractivity contribution in [3.8, 4) is 0 Å². The lowest BCUT2D eigenvalue weighted by Gasteiger charge is -2.41. The van der Waals surface area contributed by atoms with E-state index >= 15 is 0 Å². The van der Waals surface area contributed by atoms with Crippen LogP contribution in [0.25, 0.3) is 0 Å². The summed E-state index contributed by atoms with van der Waals surface area (Å²) in [5.41, 5.74) is 2.81. The van der Waals surface area contributed by atoms with Crippen LogP contribution in [-0.2, 0) is 4.74 Å². The average Bonchev–Trinajstić information content (AvgIpc) is 2.35. The van der Waals surface area contributed by atoms with Crippen LogP contribution in [0.15, 0.2) is 24.3 Å². The van der Waals surface area contributed by atoms with Gasteiger partial charge in [0, 0.05) is 19.7 Å². The second-order valence-electron chi connectivity index (χ2n) is 5.49. The van der Waals surface area contributed by atoms with E-state index in [1.807, 2.05) is 7.11 Å². The fourth-order valence-electron chi connectivity index (χ4n) is 2.63. The molecule has 0 spiro atoms. The Morgan fingerprint density at radius 2 is 1.94 bits per heavy atom. The highest BCUT2D eigenvalue weighted by molar-refractivity contribution is 5.24. The summed E-state index contributed by atoms with van der Waals surface area (Å²) in [5, 5.41) is 3.67. The number of rotatable bonds is 6. The minimum absolute atomic E-state index is 0.109. The quantitative estimate of drug-likeness (QED) is 0.829. The molecular weight excluding hydrogens is 222 g/mol. The number of ether oxygens (including phenoxy) is 1. The van der Waals surface area contributed by atoms with Crippen LogP contribution in [0.4, 0.5) is 0 Å². The van der Waals surface area contributed by atoms with Crippen LogP contribution in [0, 0.1) is 6.92 Å². The zero-order valence-electron chi connectivity index (χ0n) is 11.8. The summed E-state index contributed by atoms with van der Waals surface area (Å²) in [5.74, 6) is 0. The Labute approximate surface area is 111 Å². The molecule has 0 heterocycles. The van der Waals surface area contributed by atoms with Gasteiger partial charge in [0.2, 0.25) is 0 Å². The van der Waals surface area contributed by atoms with Gasteiger partial charge in [-0.25, -0.2) is 0 Å². The third-order valence-corrected chi connectivity index (χ3v) is 4.26. The molecule has 1 saturated carbocycles. The van der Waals surface area contributed by atoms with Crippen molar-refractivity contribution < 1.29 is 4.74 Å². The van der Waals surface area contributed by atoms with E-state index in [4.69, 9.17) is 4.74 Å². The maximum absolute atomic E-state index is 5.66. The van der Waals surface area contributed by atoms with Crippen molar-refractivity contribution in [2.45, 2.75) is 51.2 Å². The number of hydrogen-bond donors (Lipinski definition) is 1. The predicted molar refractivity (Wildman–Crippen MR) is 75.8 cm³/mol. The zero-order chi connectivity index (χ0) is 13.0. The summed E-state index contributed by atoms with van der Waals surface area (Å²) in [4.78, 5) is 0. The maximum atomic E-state index is 5.66. The third-order valence-electron chi connectivity index (χ3n) is 4.26. The standard InChI is InChI=1S/C16H25NO/c1-4-15(14-8-6-13(2)7-9-14)17-12-16(18-3)10-5-11-16/h6-9,15,17H,4-5,10-12H2,1-3H3. The molecule has 0 bridgehead atoms. The van der Waals surface area contributed by atoms with Crippen LogP contribution >= 0.6 is 0 Å². The molecule has 100 valence electrons. The van der Waals surface area contributed by atoms with Crippen LogP contribution in [0.3, 0.4) is 0 Å². The summed E-state index contributed by atoms with van der Waals surface area (Å²) in [7, 11) is 1.84. The minimum atomic E-state index is 0.109. The molecule has 1 atom stereocenters. The molecule has 0 radical (unpaired) electrons. The second-order valence-corrected chi connectivity index (χ2v) is 5.49. The first-order chi connectivity index (χ1) is 8.69. The Morgan fingerprint density at radius 3 is 2.39 bits per heavy atom. The van der Waals surface area contributed by atoms with E-state index in [-0.39, 0.29) is 5.60 Å². The van der Waals surface area contributed by atoms with Gasteiger partial charge in [-0.3, -0.25) is 0 Å². The van der Waals surface area contributed by atoms with Gasteiger partial charge in [0.1, 0.15) is 0 Å². The first-order valence-electron chi connectivity index (χ1n) is 7.04. The second kappa shape index (κ2) is 5.85. The summed E-state index contributed by atoms with van der Waals surface area (Å²) in [6, 6.07) is 9.29. The molecule has 1 aromatic carbocycles. The molecule has 1 aliphatic rings. The highest BCUT2D eigenvalue weighted by atomic mass is 16.5. The van der Waals surface area contributed by atoms with Gasteiger partial charge < -0.3 is 10.1 Å². The Balaban J connectivity index is 1.95. The lowest BCUT2D eigenvalue weighted by Crippen LogP contribution is -2.48. The molecule has 18 heavy (non-hydrogen) atoms. The summed E-state index contributed by atoms with van der Waals surface area (Å²) < 4.78 is 5.66. The molecule has 2 heteroatoms. The van der Waals surface area contributed by atoms with Crippen LogP contribution in [-0.4, -0.2) is 19.3 Å². The van der Waals surface area contributed by atoms with Gasteiger partial charge >= 0.3 is 0 Å². The molecule has 1 unspecified atom stereocenters. The summed E-state index contributed by atoms with van der Waals surface area (Å²) in [6.45, 7) is 5.33. The largest absolute Gasteiger partial charge is 0.377 e. The van der Waals surface area contributed by atoms with Crippen molar-refractivity contribution in [2.24, 2.45) is 0 Å². The van der Waals surface area contributed by atoms with Gasteiger partial charge in [0.05, 0.1) is 5.60 Å². The lowest BCUT2D eigenvalue weighted by atomic mass is 9.79. The van der Waals surface area contributed by atoms with E-state index < -0.39 is 0 Å². The Hall–Kier alpha value is -0.860. The Morgan fingerprint density at radius 1 is 1.28 bits per heavy atom. The van der Waals surface area contributed by atoms with E-state index in [2.05, 4.69) is 43.4 Å². The fourth-order valence-corrected chi connectivity index (χ4v) is 2.63. The van der Waals surface area contributed by atoms with Crippen molar-refractivity contribution in [3.63, 3.8) is 0 Å². The normalized spacial score (nSPS) is 19.3. The van der Waals surface area contributed by atoms with Gasteiger partial charge in [-0.1, -0.05) is 36.8 Å². The molecule has 1 fully saturated rings. The molecule has 1 aliphatic carbocycles. The molecule has 0 saturated heterocycles. The highest BCUT2D eigenvalue weighted by Crippen LogP contribution is 2.35. The first-order valence-corrected chi connectivity index (χ1v) is 7.04. The van der Waals surface area contributed by atoms with Crippen molar-refractivity contribution in [2.75, 3.05) is 13.7 Å². The third kappa shape index (κ3) is 2.93. The molecule has 2 rings (SSSR count). The molecule has 2 nitrogen and oxygen atoms in total. The summed E-state index contributed by atoms with van der Waals surface area (Å²) in [6.07, 6.45) is 4.81. The van der Waals surface area contributed by atoms with Crippen molar-refractivity contribution in [1.82, 2.24) is 5.32 Å². The monoisotopic (exact) mass is 247 g/mol. The average molecular weight is 247 g/mol. The lowest BCUT2D eigenvalue weighted by molar-refractivity contribution is -0.0709. The fraction of sp³-hybridized carbons (Fsp3) is 0.625. The molecule has 0 aromatic heterocycles. The van der Waals surface area contributed by atoms with Gasteiger partial charge in [0.15, 0.2) is 0 Å². The Kier molecular flexibility index (Phi) is 4.41. The topological polar surface area (TPSA) is 21.3 Å². The van der Waals surface area contributed by atoms with E-state index in [0.29, 0.717) is 6.04 Å². The predicted octanol–water partition coefficient (Wildman–Crippen LogP) is 3.60. The Bertz CT molecular complexity index is 362. The van der Waals surface area contributed by atoms with E-state index in [0.717, 1.165) is 13.0 Å². The number of nitrogens with one attached hydrogen (secondary N) is 1. The van der Waals surface area contributed by atoms with Gasteiger partial charge in [-0.15, -0.1) is 0 Å². The van der Waals surface area contributed by atoms with Gasteiger partial charge in [0.25, 0.3) is 0 Å². The smallest absolute Gasteiger partial charge is 0.0802 e. The van der Waals surface area contributed by atoms with E-state index in [1.54, 1.807) is 0 Å². The molecule has 1 N–H and O–H groups in total. The van der Waals surface area contributed by atoms with Gasteiger partial charge in [-0.05, 0) is 38.2 Å². The number of aryl methyl sites for hydroxylation is 1. The molecule has 0 amide bonds. The van der Waals surface area contributed by atoms with Crippen LogP contribution < -0.4 is 5.32 Å². The van der Waals surface area contributed by atoms with Gasteiger partial charge in [-0.2, -0.15) is 0 Å². The number of benzene rings is 1. The van der Waals surface area contributed by atoms with Crippen molar-refractivity contribution >= 4 is 0 Å². The summed E-state index contributed by atoms with van der Waals surface area (Å²) >= 11 is 0.